The quantitative estimate of drug-likeness (QED) is 0.467. The summed E-state index contributed by atoms with van der Waals surface area (Å²) in [5, 5.41) is 0. The van der Waals surface area contributed by atoms with Gasteiger partial charge >= 0.3 is 51.4 Å². The molecule has 0 fully saturated rings. The largest absolute Gasteiger partial charge is 1.00 e. The minimum atomic E-state index is 0. The van der Waals surface area contributed by atoms with E-state index in [9.17, 15) is 0 Å². The molecule has 0 saturated heterocycles. The summed E-state index contributed by atoms with van der Waals surface area (Å²) in [7, 11) is 0. The maximum atomic E-state index is 5.19. The van der Waals surface area contributed by atoms with Crippen molar-refractivity contribution < 1.29 is 51.4 Å². The van der Waals surface area contributed by atoms with Gasteiger partial charge in [0.25, 0.3) is 0 Å². The Morgan fingerprint density at radius 2 is 1.16 bits per heavy atom. The van der Waals surface area contributed by atoms with Crippen LogP contribution in [0, 0.1) is 13.8 Å². The molecule has 0 radical (unpaired) electrons. The first-order chi connectivity index (χ1) is 8.58. The summed E-state index contributed by atoms with van der Waals surface area (Å²) in [6.45, 7) is 4.12. The van der Waals surface area contributed by atoms with Gasteiger partial charge in [-0.15, -0.1) is 0 Å². The third-order valence-corrected chi connectivity index (χ3v) is 3.13. The zero-order valence-electron chi connectivity index (χ0n) is 11.4. The van der Waals surface area contributed by atoms with E-state index in [2.05, 4.69) is 38.1 Å². The van der Waals surface area contributed by atoms with Crippen LogP contribution in [0.15, 0.2) is 48.5 Å². The maximum absolute atomic E-state index is 5.19. The first-order valence-electron chi connectivity index (χ1n) is 5.72. The van der Waals surface area contributed by atoms with E-state index in [-0.39, 0.29) is 51.4 Å². The molecule has 0 aliphatic rings. The zero-order chi connectivity index (χ0) is 13.1. The van der Waals surface area contributed by atoms with E-state index in [0.29, 0.717) is 4.32 Å². The molecular weight excluding hydrogens is 297 g/mol. The van der Waals surface area contributed by atoms with Crippen molar-refractivity contribution in [2.24, 2.45) is 0 Å². The van der Waals surface area contributed by atoms with Crippen LogP contribution in [0.4, 0.5) is 11.4 Å². The molecule has 2 aromatic rings. The molecule has 0 amide bonds. The summed E-state index contributed by atoms with van der Waals surface area (Å²) in [6, 6.07) is 16.4. The number of benzene rings is 2. The molecule has 0 unspecified atom stereocenters. The Morgan fingerprint density at radius 1 is 0.842 bits per heavy atom. The normalized spacial score (nSPS) is 9.58. The van der Waals surface area contributed by atoms with Crippen molar-refractivity contribution in [3.8, 4) is 0 Å². The fraction of sp³-hybridized carbons (Fsp3) is 0.133. The van der Waals surface area contributed by atoms with Gasteiger partial charge in [-0.2, -0.15) is 0 Å². The third kappa shape index (κ3) is 4.60. The van der Waals surface area contributed by atoms with Crippen molar-refractivity contribution in [2.75, 3.05) is 4.90 Å². The molecule has 0 heterocycles. The van der Waals surface area contributed by atoms with Crippen molar-refractivity contribution in [1.82, 2.24) is 0 Å². The Hall–Kier alpha value is 0.186. The van der Waals surface area contributed by atoms with Crippen LogP contribution in [0.1, 0.15) is 11.1 Å². The monoisotopic (exact) mass is 311 g/mol. The van der Waals surface area contributed by atoms with Crippen molar-refractivity contribution in [1.29, 1.82) is 0 Å². The van der Waals surface area contributed by atoms with Crippen LogP contribution in [0.2, 0.25) is 0 Å². The average molecular weight is 312 g/mol. The summed E-state index contributed by atoms with van der Waals surface area (Å²) < 4.78 is 0.433. The van der Waals surface area contributed by atoms with E-state index in [4.69, 9.17) is 24.8 Å². The molecule has 0 bridgehead atoms. The van der Waals surface area contributed by atoms with E-state index in [1.165, 1.54) is 11.1 Å². The van der Waals surface area contributed by atoms with Gasteiger partial charge < -0.3 is 29.7 Å². The van der Waals surface area contributed by atoms with Gasteiger partial charge in [0.1, 0.15) is 0 Å². The van der Waals surface area contributed by atoms with Crippen LogP contribution < -0.4 is 56.3 Å². The Balaban J connectivity index is 0.00000180. The van der Waals surface area contributed by atoms with Crippen LogP contribution in [0.25, 0.3) is 0 Å². The summed E-state index contributed by atoms with van der Waals surface area (Å²) >= 11 is 10.4. The predicted molar refractivity (Wildman–Crippen MR) is 84.5 cm³/mol. The Morgan fingerprint density at radius 3 is 1.42 bits per heavy atom. The molecule has 2 rings (SSSR count). The minimum absolute atomic E-state index is 0. The molecule has 0 N–H and O–H groups in total. The fourth-order valence-electron chi connectivity index (χ4n) is 1.75. The molecule has 0 aliphatic heterocycles. The third-order valence-electron chi connectivity index (χ3n) is 2.77. The minimum Gasteiger partial charge on any atom is -0.411 e. The number of rotatable bonds is 2. The summed E-state index contributed by atoms with van der Waals surface area (Å²) in [6.07, 6.45) is 0. The van der Waals surface area contributed by atoms with E-state index < -0.39 is 0 Å². The van der Waals surface area contributed by atoms with Gasteiger partial charge in [0.05, 0.1) is 0 Å². The first kappa shape index (κ1) is 17.2. The van der Waals surface area contributed by atoms with Crippen molar-refractivity contribution in [3.63, 3.8) is 0 Å². The van der Waals surface area contributed by atoms with Gasteiger partial charge in [-0.25, -0.2) is 0 Å². The first-order valence-corrected chi connectivity index (χ1v) is 6.54. The molecule has 1 nitrogen and oxygen atoms in total. The van der Waals surface area contributed by atoms with Crippen molar-refractivity contribution in [3.05, 3.63) is 59.7 Å². The van der Waals surface area contributed by atoms with E-state index in [1.807, 2.05) is 29.2 Å². The van der Waals surface area contributed by atoms with Crippen LogP contribution in [-0.2, 0) is 12.6 Å². The second-order valence-electron chi connectivity index (χ2n) is 4.27. The van der Waals surface area contributed by atoms with Crippen molar-refractivity contribution in [2.45, 2.75) is 13.8 Å². The van der Waals surface area contributed by atoms with Crippen molar-refractivity contribution >= 4 is 40.5 Å². The van der Waals surface area contributed by atoms with Gasteiger partial charge in [-0.05, 0) is 38.1 Å². The van der Waals surface area contributed by atoms with E-state index in [0.717, 1.165) is 11.4 Å². The Labute approximate surface area is 168 Å². The van der Waals surface area contributed by atoms with Gasteiger partial charge in [0.15, 0.2) is 0 Å². The molecule has 0 spiro atoms. The summed E-state index contributed by atoms with van der Waals surface area (Å²) in [5.74, 6) is 0. The van der Waals surface area contributed by atoms with Crippen LogP contribution >= 0.6 is 12.2 Å². The molecule has 4 heteroatoms. The van der Waals surface area contributed by atoms with Gasteiger partial charge in [-0.1, -0.05) is 39.7 Å². The van der Waals surface area contributed by atoms with Gasteiger partial charge in [-0.3, -0.25) is 0 Å². The Kier molecular flexibility index (Phi) is 7.11. The van der Waals surface area contributed by atoms with Crippen LogP contribution in [0.5, 0.6) is 0 Å². The maximum Gasteiger partial charge on any atom is 1.00 e. The molecule has 2 aromatic carbocycles. The molecule has 0 aromatic heterocycles. The number of hydrogen-bond acceptors (Lipinski definition) is 2. The predicted octanol–water partition coefficient (Wildman–Crippen LogP) is 1.28. The molecule has 92 valence electrons. The number of hydrogen-bond donors (Lipinski definition) is 0. The number of aryl methyl sites for hydroxylation is 2. The SMILES string of the molecule is Cc1ccc(N(C(=S)[S-])c2ccc(C)cc2)cc1.[K+]. The molecule has 0 atom stereocenters. The van der Waals surface area contributed by atoms with Gasteiger partial charge in [0.2, 0.25) is 0 Å². The second kappa shape index (κ2) is 7.83. The molecule has 0 aliphatic carbocycles. The molecular formula is C15H14KNS2. The average Bonchev–Trinajstić information content (AvgIpc) is 2.34. The second-order valence-corrected chi connectivity index (χ2v) is 5.30. The van der Waals surface area contributed by atoms with E-state index >= 15 is 0 Å². The standard InChI is InChI=1S/C15H15NS2.K/c1-11-3-7-13(8-4-11)16(15(17)18)14-9-5-12(2)6-10-14;/h3-10H,1-2H3,(H,17,18);/q;+1/p-1. The zero-order valence-corrected chi connectivity index (χ0v) is 16.1. The van der Waals surface area contributed by atoms with E-state index in [1.54, 1.807) is 0 Å². The van der Waals surface area contributed by atoms with Crippen LogP contribution in [0.3, 0.4) is 0 Å². The summed E-state index contributed by atoms with van der Waals surface area (Å²) in [4.78, 5) is 1.91. The molecule has 0 saturated carbocycles. The fourth-order valence-corrected chi connectivity index (χ4v) is 2.17. The number of thiocarbonyl (C=S) groups is 1. The number of anilines is 2. The summed E-state index contributed by atoms with van der Waals surface area (Å²) in [5.41, 5.74) is 4.45. The topological polar surface area (TPSA) is 3.24 Å². The molecule has 19 heavy (non-hydrogen) atoms. The Bertz CT molecular complexity index is 504. The van der Waals surface area contributed by atoms with Gasteiger partial charge in [0, 0.05) is 11.4 Å². The number of nitrogens with zero attached hydrogens (tertiary/aromatic N) is 1. The van der Waals surface area contributed by atoms with Crippen LogP contribution in [-0.4, -0.2) is 4.32 Å². The smallest absolute Gasteiger partial charge is 0.411 e.